The predicted octanol–water partition coefficient (Wildman–Crippen LogP) is 2.41. The largest absolute Gasteiger partial charge is 0.283 e. The Morgan fingerprint density at radius 3 is 2.64 bits per heavy atom. The third-order valence-corrected chi connectivity index (χ3v) is 3.37. The van der Waals surface area contributed by atoms with Crippen LogP contribution < -0.4 is 4.72 Å². The lowest BCUT2D eigenvalue weighted by atomic mass is 10.2. The van der Waals surface area contributed by atoms with Gasteiger partial charge in [0.15, 0.2) is 0 Å². The molecule has 78 valence electrons. The second-order valence-corrected chi connectivity index (χ2v) is 5.41. The summed E-state index contributed by atoms with van der Waals surface area (Å²) in [6, 6.07) is 5.10. The highest BCUT2D eigenvalue weighted by atomic mass is 35.5. The van der Waals surface area contributed by atoms with Crippen molar-refractivity contribution in [1.82, 2.24) is 0 Å². The van der Waals surface area contributed by atoms with Crippen LogP contribution in [0.2, 0.25) is 5.02 Å². The Morgan fingerprint density at radius 2 is 2.07 bits per heavy atom. The average molecular weight is 234 g/mol. The van der Waals surface area contributed by atoms with Crippen molar-refractivity contribution < 1.29 is 8.42 Å². The van der Waals surface area contributed by atoms with Gasteiger partial charge in [-0.25, -0.2) is 8.42 Å². The van der Waals surface area contributed by atoms with E-state index in [-0.39, 0.29) is 5.75 Å². The van der Waals surface area contributed by atoms with Crippen LogP contribution in [0.1, 0.15) is 12.5 Å². The van der Waals surface area contributed by atoms with Gasteiger partial charge in [0, 0.05) is 5.02 Å². The molecule has 3 nitrogen and oxygen atoms in total. The average Bonchev–Trinajstić information content (AvgIpc) is 2.11. The first-order valence-corrected chi connectivity index (χ1v) is 6.24. The molecule has 1 rings (SSSR count). The van der Waals surface area contributed by atoms with Crippen LogP contribution in [0.5, 0.6) is 0 Å². The number of rotatable bonds is 3. The summed E-state index contributed by atoms with van der Waals surface area (Å²) >= 11 is 5.75. The molecular weight excluding hydrogens is 222 g/mol. The maximum atomic E-state index is 11.3. The Balaban J connectivity index is 3.03. The van der Waals surface area contributed by atoms with Crippen molar-refractivity contribution in [3.8, 4) is 0 Å². The van der Waals surface area contributed by atoms with E-state index in [0.29, 0.717) is 10.7 Å². The van der Waals surface area contributed by atoms with Crippen molar-refractivity contribution in [2.45, 2.75) is 13.8 Å². The first-order chi connectivity index (χ1) is 6.44. The lowest BCUT2D eigenvalue weighted by Gasteiger charge is -2.08. The van der Waals surface area contributed by atoms with Gasteiger partial charge >= 0.3 is 0 Å². The van der Waals surface area contributed by atoms with E-state index in [0.717, 1.165) is 5.56 Å². The molecule has 0 aliphatic heterocycles. The summed E-state index contributed by atoms with van der Waals surface area (Å²) in [5.74, 6) is 0.0545. The summed E-state index contributed by atoms with van der Waals surface area (Å²) in [6.45, 7) is 3.41. The summed E-state index contributed by atoms with van der Waals surface area (Å²) in [5.41, 5.74) is 1.39. The Morgan fingerprint density at radius 1 is 1.43 bits per heavy atom. The summed E-state index contributed by atoms with van der Waals surface area (Å²) < 4.78 is 25.0. The van der Waals surface area contributed by atoms with Crippen LogP contribution in [0.25, 0.3) is 0 Å². The zero-order valence-electron chi connectivity index (χ0n) is 8.04. The number of hydrogen-bond acceptors (Lipinski definition) is 2. The molecule has 0 saturated carbocycles. The summed E-state index contributed by atoms with van der Waals surface area (Å²) in [7, 11) is -3.22. The standard InChI is InChI=1S/C9H12ClNO2S/c1-3-14(12,13)11-9-6-8(10)5-4-7(9)2/h4-6,11H,3H2,1-2H3. The van der Waals surface area contributed by atoms with Crippen LogP contribution in [-0.4, -0.2) is 14.2 Å². The van der Waals surface area contributed by atoms with Gasteiger partial charge in [-0.15, -0.1) is 0 Å². The third-order valence-electron chi connectivity index (χ3n) is 1.85. The van der Waals surface area contributed by atoms with Crippen LogP contribution in [0.15, 0.2) is 18.2 Å². The molecule has 0 heterocycles. The van der Waals surface area contributed by atoms with Crippen molar-refractivity contribution in [2.24, 2.45) is 0 Å². The summed E-state index contributed by atoms with van der Waals surface area (Å²) in [4.78, 5) is 0. The summed E-state index contributed by atoms with van der Waals surface area (Å²) in [6.07, 6.45) is 0. The Hall–Kier alpha value is -0.740. The fourth-order valence-electron chi connectivity index (χ4n) is 0.944. The van der Waals surface area contributed by atoms with Gasteiger partial charge in [0.2, 0.25) is 10.0 Å². The molecule has 0 atom stereocenters. The van der Waals surface area contributed by atoms with E-state index in [2.05, 4.69) is 4.72 Å². The quantitative estimate of drug-likeness (QED) is 0.872. The van der Waals surface area contributed by atoms with Gasteiger partial charge in [-0.3, -0.25) is 4.72 Å². The van der Waals surface area contributed by atoms with E-state index in [1.807, 2.05) is 6.92 Å². The Kier molecular flexibility index (Phi) is 3.39. The van der Waals surface area contributed by atoms with Crippen LogP contribution in [-0.2, 0) is 10.0 Å². The highest BCUT2D eigenvalue weighted by Crippen LogP contribution is 2.21. The zero-order chi connectivity index (χ0) is 10.8. The van der Waals surface area contributed by atoms with Crippen molar-refractivity contribution in [1.29, 1.82) is 0 Å². The second kappa shape index (κ2) is 4.19. The molecule has 14 heavy (non-hydrogen) atoms. The molecule has 1 aromatic rings. The van der Waals surface area contributed by atoms with Gasteiger partial charge in [0.05, 0.1) is 11.4 Å². The fourth-order valence-corrected chi connectivity index (χ4v) is 1.82. The SMILES string of the molecule is CCS(=O)(=O)Nc1cc(Cl)ccc1C. The van der Waals surface area contributed by atoms with E-state index in [9.17, 15) is 8.42 Å². The van der Waals surface area contributed by atoms with Crippen molar-refractivity contribution in [2.75, 3.05) is 10.5 Å². The van der Waals surface area contributed by atoms with E-state index >= 15 is 0 Å². The van der Waals surface area contributed by atoms with E-state index in [4.69, 9.17) is 11.6 Å². The van der Waals surface area contributed by atoms with Gasteiger partial charge in [-0.05, 0) is 31.5 Å². The minimum atomic E-state index is -3.22. The maximum Gasteiger partial charge on any atom is 0.232 e. The second-order valence-electron chi connectivity index (χ2n) is 2.96. The molecule has 0 aliphatic carbocycles. The molecule has 0 aliphatic rings. The molecule has 0 amide bonds. The molecule has 0 radical (unpaired) electrons. The molecule has 1 N–H and O–H groups in total. The zero-order valence-corrected chi connectivity index (χ0v) is 9.61. The molecular formula is C9H12ClNO2S. The van der Waals surface area contributed by atoms with Crippen molar-refractivity contribution >= 4 is 27.3 Å². The Bertz CT molecular complexity index is 428. The fraction of sp³-hybridized carbons (Fsp3) is 0.333. The topological polar surface area (TPSA) is 46.2 Å². The predicted molar refractivity (Wildman–Crippen MR) is 59.3 cm³/mol. The van der Waals surface area contributed by atoms with Crippen LogP contribution in [0.3, 0.4) is 0 Å². The highest BCUT2D eigenvalue weighted by molar-refractivity contribution is 7.92. The number of hydrogen-bond donors (Lipinski definition) is 1. The van der Waals surface area contributed by atoms with Crippen molar-refractivity contribution in [3.63, 3.8) is 0 Å². The van der Waals surface area contributed by atoms with Gasteiger partial charge < -0.3 is 0 Å². The number of benzene rings is 1. The van der Waals surface area contributed by atoms with Crippen LogP contribution in [0.4, 0.5) is 5.69 Å². The van der Waals surface area contributed by atoms with Gasteiger partial charge in [0.25, 0.3) is 0 Å². The number of sulfonamides is 1. The lowest BCUT2D eigenvalue weighted by molar-refractivity contribution is 0.602. The normalized spacial score (nSPS) is 11.4. The van der Waals surface area contributed by atoms with E-state index in [1.54, 1.807) is 25.1 Å². The Labute approximate surface area is 89.1 Å². The molecule has 0 fully saturated rings. The summed E-state index contributed by atoms with van der Waals surface area (Å²) in [5, 5.41) is 0.518. The molecule has 0 saturated heterocycles. The lowest BCUT2D eigenvalue weighted by Crippen LogP contribution is -2.15. The van der Waals surface area contributed by atoms with Gasteiger partial charge in [-0.2, -0.15) is 0 Å². The molecule has 1 aromatic carbocycles. The van der Waals surface area contributed by atoms with Crippen LogP contribution >= 0.6 is 11.6 Å². The number of aryl methyl sites for hydroxylation is 1. The minimum Gasteiger partial charge on any atom is -0.283 e. The monoisotopic (exact) mass is 233 g/mol. The first-order valence-electron chi connectivity index (χ1n) is 4.21. The number of nitrogens with one attached hydrogen (secondary N) is 1. The minimum absolute atomic E-state index is 0.0545. The molecule has 5 heteroatoms. The van der Waals surface area contributed by atoms with E-state index < -0.39 is 10.0 Å². The van der Waals surface area contributed by atoms with Gasteiger partial charge in [-0.1, -0.05) is 17.7 Å². The van der Waals surface area contributed by atoms with Crippen molar-refractivity contribution in [3.05, 3.63) is 28.8 Å². The molecule has 0 spiro atoms. The highest BCUT2D eigenvalue weighted by Gasteiger charge is 2.08. The first kappa shape index (κ1) is 11.3. The molecule has 0 aromatic heterocycles. The smallest absolute Gasteiger partial charge is 0.232 e. The molecule has 0 bridgehead atoms. The van der Waals surface area contributed by atoms with Gasteiger partial charge in [0.1, 0.15) is 0 Å². The van der Waals surface area contributed by atoms with Crippen LogP contribution in [0, 0.1) is 6.92 Å². The molecule has 0 unspecified atom stereocenters. The maximum absolute atomic E-state index is 11.3. The van der Waals surface area contributed by atoms with E-state index in [1.165, 1.54) is 0 Å². The third kappa shape index (κ3) is 2.89. The number of anilines is 1. The number of halogens is 1.